The Morgan fingerprint density at radius 3 is 1.09 bits per heavy atom. The van der Waals surface area contributed by atoms with Gasteiger partial charge in [0.15, 0.2) is 0 Å². The highest BCUT2D eigenvalue weighted by molar-refractivity contribution is 5.59. The first-order chi connectivity index (χ1) is 16.7. The number of unbranched alkanes of at least 4 members (excludes halogenated alkanes) is 14. The highest BCUT2D eigenvalue weighted by Crippen LogP contribution is 2.20. The zero-order chi connectivity index (χ0) is 25.1. The van der Waals surface area contributed by atoms with Crippen molar-refractivity contribution in [1.82, 2.24) is 0 Å². The molecule has 0 bridgehead atoms. The van der Waals surface area contributed by atoms with E-state index in [-0.39, 0.29) is 0 Å². The molecule has 204 valence electrons. The van der Waals surface area contributed by atoms with Gasteiger partial charge >= 0.3 is 6.16 Å². The van der Waals surface area contributed by atoms with E-state index in [4.69, 9.17) is 9.47 Å². The molecule has 0 aromatic rings. The van der Waals surface area contributed by atoms with Crippen molar-refractivity contribution >= 4 is 6.16 Å². The molecule has 0 aliphatic heterocycles. The number of carbonyl (C=O) groups is 1. The molecule has 3 nitrogen and oxygen atoms in total. The molecule has 0 aromatic carbocycles. The van der Waals surface area contributed by atoms with Gasteiger partial charge in [0, 0.05) is 0 Å². The number of hydrogen-bond donors (Lipinski definition) is 0. The third-order valence-electron chi connectivity index (χ3n) is 7.20. The van der Waals surface area contributed by atoms with Gasteiger partial charge in [0.2, 0.25) is 0 Å². The van der Waals surface area contributed by atoms with E-state index in [1.54, 1.807) is 0 Å². The van der Waals surface area contributed by atoms with Crippen molar-refractivity contribution < 1.29 is 14.3 Å². The lowest BCUT2D eigenvalue weighted by atomic mass is 9.96. The Labute approximate surface area is 214 Å². The van der Waals surface area contributed by atoms with Crippen LogP contribution in [0.5, 0.6) is 0 Å². The zero-order valence-electron chi connectivity index (χ0n) is 23.9. The van der Waals surface area contributed by atoms with Crippen molar-refractivity contribution in [3.63, 3.8) is 0 Å². The van der Waals surface area contributed by atoms with Crippen LogP contribution in [0.2, 0.25) is 0 Å². The Bertz CT molecular complexity index is 373. The predicted molar refractivity (Wildman–Crippen MR) is 149 cm³/mol. The maximum atomic E-state index is 12.2. The van der Waals surface area contributed by atoms with Gasteiger partial charge in [-0.1, -0.05) is 143 Å². The number of rotatable bonds is 26. The van der Waals surface area contributed by atoms with Crippen LogP contribution in [0.25, 0.3) is 0 Å². The van der Waals surface area contributed by atoms with Crippen molar-refractivity contribution in [1.29, 1.82) is 0 Å². The summed E-state index contributed by atoms with van der Waals surface area (Å²) >= 11 is 0. The van der Waals surface area contributed by atoms with Gasteiger partial charge in [0.25, 0.3) is 0 Å². The lowest BCUT2D eigenvalue weighted by Gasteiger charge is -2.18. The first-order valence-electron chi connectivity index (χ1n) is 15.5. The van der Waals surface area contributed by atoms with E-state index in [1.165, 1.54) is 116 Å². The van der Waals surface area contributed by atoms with Crippen molar-refractivity contribution in [2.24, 2.45) is 11.8 Å². The zero-order valence-corrected chi connectivity index (χ0v) is 23.9. The average Bonchev–Trinajstić information content (AvgIpc) is 2.84. The van der Waals surface area contributed by atoms with Gasteiger partial charge in [-0.2, -0.15) is 0 Å². The number of carbonyl (C=O) groups excluding carboxylic acids is 1. The summed E-state index contributed by atoms with van der Waals surface area (Å²) in [4.78, 5) is 12.2. The molecule has 0 rings (SSSR count). The Kier molecular flexibility index (Phi) is 26.3. The van der Waals surface area contributed by atoms with Crippen LogP contribution in [0.1, 0.15) is 169 Å². The molecule has 2 unspecified atom stereocenters. The molecule has 34 heavy (non-hydrogen) atoms. The minimum atomic E-state index is -0.450. The summed E-state index contributed by atoms with van der Waals surface area (Å²) in [5.41, 5.74) is 0. The predicted octanol–water partition coefficient (Wildman–Crippen LogP) is 11.0. The Morgan fingerprint density at radius 2 is 0.765 bits per heavy atom. The summed E-state index contributed by atoms with van der Waals surface area (Å²) in [6.07, 6.45) is 28.0. The van der Waals surface area contributed by atoms with E-state index >= 15 is 0 Å². The van der Waals surface area contributed by atoms with Crippen LogP contribution < -0.4 is 0 Å². The van der Waals surface area contributed by atoms with E-state index in [2.05, 4.69) is 27.7 Å². The summed E-state index contributed by atoms with van der Waals surface area (Å²) in [5.74, 6) is 0.975. The van der Waals surface area contributed by atoms with E-state index in [1.807, 2.05) is 0 Å². The van der Waals surface area contributed by atoms with Gasteiger partial charge in [-0.3, -0.25) is 0 Å². The third-order valence-corrected chi connectivity index (χ3v) is 7.20. The summed E-state index contributed by atoms with van der Waals surface area (Å²) < 4.78 is 11.1. The maximum absolute atomic E-state index is 12.2. The van der Waals surface area contributed by atoms with Gasteiger partial charge in [0.05, 0.1) is 13.2 Å². The van der Waals surface area contributed by atoms with E-state index in [0.29, 0.717) is 25.0 Å². The summed E-state index contributed by atoms with van der Waals surface area (Å²) in [6, 6.07) is 0. The van der Waals surface area contributed by atoms with E-state index < -0.39 is 6.16 Å². The molecule has 0 aliphatic carbocycles. The fraction of sp³-hybridized carbons (Fsp3) is 0.968. The second kappa shape index (κ2) is 26.9. The van der Waals surface area contributed by atoms with Crippen molar-refractivity contribution in [3.05, 3.63) is 0 Å². The second-order valence-electron chi connectivity index (χ2n) is 10.7. The van der Waals surface area contributed by atoms with Gasteiger partial charge in [-0.25, -0.2) is 4.79 Å². The second-order valence-corrected chi connectivity index (χ2v) is 10.7. The van der Waals surface area contributed by atoms with Crippen LogP contribution in [0.3, 0.4) is 0 Å². The quantitative estimate of drug-likeness (QED) is 0.0908. The molecule has 2 atom stereocenters. The van der Waals surface area contributed by atoms with E-state index in [0.717, 1.165) is 25.7 Å². The first kappa shape index (κ1) is 33.3. The van der Waals surface area contributed by atoms with Gasteiger partial charge in [-0.05, 0) is 37.5 Å². The monoisotopic (exact) mass is 482 g/mol. The SMILES string of the molecule is CCCCCCCCCCC(CCC)COC(=O)OCC(CCC)CCCCCCCCCC. The molecule has 0 spiro atoms. The lowest BCUT2D eigenvalue weighted by Crippen LogP contribution is -2.19. The fourth-order valence-corrected chi connectivity index (χ4v) is 4.99. The molecular weight excluding hydrogens is 420 g/mol. The topological polar surface area (TPSA) is 35.5 Å². The van der Waals surface area contributed by atoms with Crippen LogP contribution in [0.15, 0.2) is 0 Å². The molecular formula is C31H62O3. The molecule has 0 heterocycles. The average molecular weight is 483 g/mol. The molecule has 0 fully saturated rings. The van der Waals surface area contributed by atoms with E-state index in [9.17, 15) is 4.79 Å². The van der Waals surface area contributed by atoms with Gasteiger partial charge < -0.3 is 9.47 Å². The molecule has 0 N–H and O–H groups in total. The molecule has 0 saturated heterocycles. The summed E-state index contributed by atoms with van der Waals surface area (Å²) in [5, 5.41) is 0. The lowest BCUT2D eigenvalue weighted by molar-refractivity contribution is 0.0304. The van der Waals surface area contributed by atoms with Crippen LogP contribution in [0, 0.1) is 11.8 Å². The Balaban J connectivity index is 3.94. The maximum Gasteiger partial charge on any atom is 0.508 e. The molecule has 0 aromatic heterocycles. The number of ether oxygens (including phenoxy) is 2. The molecule has 0 saturated carbocycles. The van der Waals surface area contributed by atoms with Crippen molar-refractivity contribution in [3.8, 4) is 0 Å². The largest absolute Gasteiger partial charge is 0.508 e. The first-order valence-corrected chi connectivity index (χ1v) is 15.5. The van der Waals surface area contributed by atoms with Gasteiger partial charge in [0.1, 0.15) is 0 Å². The minimum absolute atomic E-state index is 0.450. The summed E-state index contributed by atoms with van der Waals surface area (Å²) in [6.45, 7) is 10.0. The molecule has 0 aliphatic rings. The fourth-order valence-electron chi connectivity index (χ4n) is 4.99. The molecule has 3 heteroatoms. The van der Waals surface area contributed by atoms with Crippen LogP contribution >= 0.6 is 0 Å². The van der Waals surface area contributed by atoms with Crippen LogP contribution in [0.4, 0.5) is 4.79 Å². The van der Waals surface area contributed by atoms with Crippen molar-refractivity contribution in [2.75, 3.05) is 13.2 Å². The minimum Gasteiger partial charge on any atom is -0.434 e. The van der Waals surface area contributed by atoms with Crippen molar-refractivity contribution in [2.45, 2.75) is 169 Å². The van der Waals surface area contributed by atoms with Gasteiger partial charge in [-0.15, -0.1) is 0 Å². The molecule has 0 amide bonds. The Hall–Kier alpha value is -0.730. The summed E-state index contributed by atoms with van der Waals surface area (Å²) in [7, 11) is 0. The highest BCUT2D eigenvalue weighted by atomic mass is 16.7. The van der Waals surface area contributed by atoms with Crippen LogP contribution in [-0.2, 0) is 9.47 Å². The third kappa shape index (κ3) is 23.0. The smallest absolute Gasteiger partial charge is 0.434 e. The standard InChI is InChI=1S/C31H62O3/c1-5-9-11-13-15-17-19-21-25-29(23-7-3)27-33-31(32)34-28-30(24-8-4)26-22-20-18-16-14-12-10-6-2/h29-30H,5-28H2,1-4H3. The normalized spacial score (nSPS) is 13.1. The Morgan fingerprint density at radius 1 is 0.441 bits per heavy atom. The van der Waals surface area contributed by atoms with Crippen LogP contribution in [-0.4, -0.2) is 19.4 Å². The highest BCUT2D eigenvalue weighted by Gasteiger charge is 2.15. The molecule has 0 radical (unpaired) electrons. The number of hydrogen-bond acceptors (Lipinski definition) is 3.